The molecule has 4 nitrogen and oxygen atoms in total. The van der Waals surface area contributed by atoms with Crippen molar-refractivity contribution in [3.05, 3.63) is 80.0 Å². The zero-order chi connectivity index (χ0) is 21.7. The van der Waals surface area contributed by atoms with E-state index in [4.69, 9.17) is 32.7 Å². The summed E-state index contributed by atoms with van der Waals surface area (Å²) < 4.78 is 25.5. The van der Waals surface area contributed by atoms with Crippen molar-refractivity contribution in [2.45, 2.75) is 20.1 Å². The summed E-state index contributed by atoms with van der Waals surface area (Å²) in [5, 5.41) is 13.2. The number of hydrogen-bond donors (Lipinski definition) is 2. The van der Waals surface area contributed by atoms with Crippen molar-refractivity contribution in [1.29, 1.82) is 0 Å². The molecule has 0 aliphatic heterocycles. The minimum Gasteiger partial charge on any atom is -0.505 e. The van der Waals surface area contributed by atoms with Crippen LogP contribution in [0.1, 0.15) is 18.1 Å². The molecule has 0 fully saturated rings. The van der Waals surface area contributed by atoms with Crippen molar-refractivity contribution in [3.63, 3.8) is 0 Å². The topological polar surface area (TPSA) is 50.7 Å². The lowest BCUT2D eigenvalue weighted by atomic mass is 10.2. The summed E-state index contributed by atoms with van der Waals surface area (Å²) >= 11 is 15.5. The quantitative estimate of drug-likeness (QED) is 0.312. The van der Waals surface area contributed by atoms with Crippen LogP contribution in [-0.2, 0) is 13.2 Å². The van der Waals surface area contributed by atoms with E-state index in [-0.39, 0.29) is 28.2 Å². The zero-order valence-electron chi connectivity index (χ0n) is 16.0. The van der Waals surface area contributed by atoms with E-state index in [1.807, 2.05) is 19.1 Å². The Morgan fingerprint density at radius 3 is 2.30 bits per heavy atom. The summed E-state index contributed by atoms with van der Waals surface area (Å²) in [4.78, 5) is 0. The molecule has 3 rings (SSSR count). The Balaban J connectivity index is 1.75. The molecule has 0 atom stereocenters. The normalized spacial score (nSPS) is 10.7. The van der Waals surface area contributed by atoms with E-state index >= 15 is 0 Å². The van der Waals surface area contributed by atoms with Gasteiger partial charge in [-0.1, -0.05) is 35.3 Å². The van der Waals surface area contributed by atoms with Gasteiger partial charge >= 0.3 is 0 Å². The summed E-state index contributed by atoms with van der Waals surface area (Å²) in [6.45, 7) is 3.11. The molecule has 0 aliphatic rings. The molecule has 30 heavy (non-hydrogen) atoms. The van der Waals surface area contributed by atoms with Gasteiger partial charge in [-0.2, -0.15) is 0 Å². The molecule has 0 unspecified atom stereocenters. The number of ether oxygens (including phenoxy) is 2. The Bertz CT molecular complexity index is 1010. The lowest BCUT2D eigenvalue weighted by molar-refractivity contribution is 0.267. The summed E-state index contributed by atoms with van der Waals surface area (Å²) in [6, 6.07) is 13.1. The van der Waals surface area contributed by atoms with Crippen LogP contribution >= 0.6 is 39.1 Å². The molecule has 0 saturated carbocycles. The standard InChI is InChI=1S/C22H19BrCl2FNO3/c1-2-29-20-8-14(11-27-16-9-18(24)21(28)19(25)10-16)7-17(23)22(20)30-12-13-3-5-15(26)6-4-13/h3-10,27-28H,2,11-12H2,1H3. The smallest absolute Gasteiger partial charge is 0.175 e. The summed E-state index contributed by atoms with van der Waals surface area (Å²) in [6.07, 6.45) is 0. The van der Waals surface area contributed by atoms with Crippen LogP contribution in [0.3, 0.4) is 0 Å². The first-order chi connectivity index (χ1) is 14.4. The predicted octanol–water partition coefficient (Wildman–Crippen LogP) is 7.19. The van der Waals surface area contributed by atoms with Gasteiger partial charge in [0.05, 0.1) is 21.1 Å². The van der Waals surface area contributed by atoms with Crippen molar-refractivity contribution in [2.75, 3.05) is 11.9 Å². The highest BCUT2D eigenvalue weighted by atomic mass is 79.9. The van der Waals surface area contributed by atoms with Crippen LogP contribution < -0.4 is 14.8 Å². The lowest BCUT2D eigenvalue weighted by Gasteiger charge is -2.16. The molecular formula is C22H19BrCl2FNO3. The number of nitrogens with one attached hydrogen (secondary N) is 1. The first kappa shape index (κ1) is 22.5. The Kier molecular flexibility index (Phi) is 7.69. The van der Waals surface area contributed by atoms with Crippen LogP contribution in [0.15, 0.2) is 53.0 Å². The highest BCUT2D eigenvalue weighted by Crippen LogP contribution is 2.38. The van der Waals surface area contributed by atoms with Crippen LogP contribution in [0.4, 0.5) is 10.1 Å². The van der Waals surface area contributed by atoms with Gasteiger partial charge in [0.15, 0.2) is 17.2 Å². The third kappa shape index (κ3) is 5.72. The third-order valence-corrected chi connectivity index (χ3v) is 5.34. The Morgan fingerprint density at radius 1 is 1.00 bits per heavy atom. The van der Waals surface area contributed by atoms with E-state index < -0.39 is 0 Å². The summed E-state index contributed by atoms with van der Waals surface area (Å²) in [7, 11) is 0. The van der Waals surface area contributed by atoms with E-state index in [2.05, 4.69) is 21.2 Å². The first-order valence-electron chi connectivity index (χ1n) is 9.11. The van der Waals surface area contributed by atoms with E-state index in [9.17, 15) is 9.50 Å². The van der Waals surface area contributed by atoms with Gasteiger partial charge < -0.3 is 19.9 Å². The predicted molar refractivity (Wildman–Crippen MR) is 121 cm³/mol. The van der Waals surface area contributed by atoms with E-state index in [0.29, 0.717) is 30.3 Å². The number of anilines is 1. The number of hydrogen-bond acceptors (Lipinski definition) is 4. The van der Waals surface area contributed by atoms with Crippen LogP contribution in [0.2, 0.25) is 10.0 Å². The van der Waals surface area contributed by atoms with Gasteiger partial charge in [-0.25, -0.2) is 4.39 Å². The Hall–Kier alpha value is -2.15. The number of rotatable bonds is 8. The number of phenolic OH excluding ortho intramolecular Hbond substituents is 1. The number of halogens is 4. The van der Waals surface area contributed by atoms with Crippen molar-refractivity contribution >= 4 is 44.8 Å². The SMILES string of the molecule is CCOc1cc(CNc2cc(Cl)c(O)c(Cl)c2)cc(Br)c1OCc1ccc(F)cc1. The second-order valence-corrected chi connectivity index (χ2v) is 8.06. The zero-order valence-corrected chi connectivity index (χ0v) is 19.1. The first-order valence-corrected chi connectivity index (χ1v) is 10.7. The van der Waals surface area contributed by atoms with E-state index in [1.165, 1.54) is 12.1 Å². The fourth-order valence-electron chi connectivity index (χ4n) is 2.73. The van der Waals surface area contributed by atoms with Crippen LogP contribution in [0.25, 0.3) is 0 Å². The Morgan fingerprint density at radius 2 is 1.67 bits per heavy atom. The maximum atomic E-state index is 13.1. The molecule has 158 valence electrons. The molecule has 3 aromatic carbocycles. The third-order valence-electron chi connectivity index (χ3n) is 4.18. The average molecular weight is 515 g/mol. The number of benzene rings is 3. The van der Waals surface area contributed by atoms with Crippen molar-refractivity contribution < 1.29 is 19.0 Å². The van der Waals surface area contributed by atoms with Gasteiger partial charge in [0, 0.05) is 12.2 Å². The van der Waals surface area contributed by atoms with Gasteiger partial charge in [0.1, 0.15) is 12.4 Å². The second-order valence-electron chi connectivity index (χ2n) is 6.40. The maximum absolute atomic E-state index is 13.1. The molecule has 0 aliphatic carbocycles. The molecule has 8 heteroatoms. The van der Waals surface area contributed by atoms with Crippen molar-refractivity contribution in [1.82, 2.24) is 0 Å². The molecule has 0 aromatic heterocycles. The largest absolute Gasteiger partial charge is 0.505 e. The highest BCUT2D eigenvalue weighted by molar-refractivity contribution is 9.10. The lowest BCUT2D eigenvalue weighted by Crippen LogP contribution is -2.04. The Labute approximate surface area is 192 Å². The summed E-state index contributed by atoms with van der Waals surface area (Å²) in [5.41, 5.74) is 2.45. The number of phenols is 1. The molecular weight excluding hydrogens is 496 g/mol. The van der Waals surface area contributed by atoms with Crippen molar-refractivity contribution in [3.8, 4) is 17.2 Å². The van der Waals surface area contributed by atoms with Gasteiger partial charge in [-0.15, -0.1) is 0 Å². The monoisotopic (exact) mass is 513 g/mol. The van der Waals surface area contributed by atoms with Crippen LogP contribution in [0.5, 0.6) is 17.2 Å². The minimum atomic E-state index is -0.289. The van der Waals surface area contributed by atoms with Gasteiger partial charge in [0.25, 0.3) is 0 Å². The molecule has 0 bridgehead atoms. The molecule has 0 saturated heterocycles. The molecule has 0 amide bonds. The highest BCUT2D eigenvalue weighted by Gasteiger charge is 2.13. The molecule has 2 N–H and O–H groups in total. The number of aromatic hydroxyl groups is 1. The van der Waals surface area contributed by atoms with Crippen molar-refractivity contribution in [2.24, 2.45) is 0 Å². The second kappa shape index (κ2) is 10.2. The maximum Gasteiger partial charge on any atom is 0.175 e. The van der Waals surface area contributed by atoms with E-state index in [0.717, 1.165) is 15.6 Å². The van der Waals surface area contributed by atoms with Gasteiger partial charge in [0.2, 0.25) is 0 Å². The molecule has 0 spiro atoms. The molecule has 0 heterocycles. The molecule has 0 radical (unpaired) electrons. The average Bonchev–Trinajstić information content (AvgIpc) is 2.71. The van der Waals surface area contributed by atoms with Gasteiger partial charge in [-0.3, -0.25) is 0 Å². The van der Waals surface area contributed by atoms with Gasteiger partial charge in [-0.05, 0) is 70.4 Å². The molecule has 3 aromatic rings. The fourth-order valence-corrected chi connectivity index (χ4v) is 3.83. The van der Waals surface area contributed by atoms with Crippen LogP contribution in [0, 0.1) is 5.82 Å². The van der Waals surface area contributed by atoms with E-state index in [1.54, 1.807) is 24.3 Å². The fraction of sp³-hybridized carbons (Fsp3) is 0.182. The summed E-state index contributed by atoms with van der Waals surface area (Å²) in [5.74, 6) is 0.726. The minimum absolute atomic E-state index is 0.145. The van der Waals surface area contributed by atoms with Crippen LogP contribution in [-0.4, -0.2) is 11.7 Å².